The predicted octanol–water partition coefficient (Wildman–Crippen LogP) is 2.35. The monoisotopic (exact) mass is 305 g/mol. The number of hydrogen-bond acceptors (Lipinski definition) is 8. The van der Waals surface area contributed by atoms with Crippen LogP contribution < -0.4 is 0 Å². The van der Waals surface area contributed by atoms with E-state index in [1.165, 1.54) is 11.8 Å². The van der Waals surface area contributed by atoms with E-state index >= 15 is 0 Å². The van der Waals surface area contributed by atoms with Gasteiger partial charge in [-0.25, -0.2) is 4.98 Å². The van der Waals surface area contributed by atoms with E-state index in [0.29, 0.717) is 16.6 Å². The zero-order valence-electron chi connectivity index (χ0n) is 11.1. The first-order valence-electron chi connectivity index (χ1n) is 6.14. The molecule has 8 heteroatoms. The third kappa shape index (κ3) is 3.40. The lowest BCUT2D eigenvalue weighted by Gasteiger charge is -1.99. The Bertz CT molecular complexity index is 734. The van der Waals surface area contributed by atoms with Gasteiger partial charge >= 0.3 is 5.97 Å². The maximum atomic E-state index is 11.6. The molecule has 0 aliphatic carbocycles. The second-order valence-electron chi connectivity index (χ2n) is 4.13. The van der Waals surface area contributed by atoms with E-state index < -0.39 is 5.97 Å². The predicted molar refractivity (Wildman–Crippen MR) is 73.6 cm³/mol. The maximum Gasteiger partial charge on any atom is 0.316 e. The number of carbonyl (C=O) groups is 1. The van der Waals surface area contributed by atoms with Crippen LogP contribution in [0.1, 0.15) is 11.7 Å². The van der Waals surface area contributed by atoms with Crippen molar-refractivity contribution in [3.8, 4) is 0 Å². The molecule has 0 unspecified atom stereocenters. The van der Waals surface area contributed by atoms with Crippen LogP contribution in [0, 0.1) is 6.92 Å². The lowest BCUT2D eigenvalue weighted by Crippen LogP contribution is -2.07. The van der Waals surface area contributed by atoms with Crippen molar-refractivity contribution < 1.29 is 18.5 Å². The number of carbonyl (C=O) groups excluding carboxylic acids is 1. The summed E-state index contributed by atoms with van der Waals surface area (Å²) in [5.41, 5.74) is 1.45. The zero-order chi connectivity index (χ0) is 14.7. The number of aromatic nitrogens is 3. The van der Waals surface area contributed by atoms with Gasteiger partial charge in [-0.3, -0.25) is 4.79 Å². The number of thioether (sulfide) groups is 1. The molecule has 21 heavy (non-hydrogen) atoms. The summed E-state index contributed by atoms with van der Waals surface area (Å²) < 4.78 is 15.3. The molecule has 0 fully saturated rings. The second-order valence-corrected chi connectivity index (χ2v) is 5.06. The molecule has 3 rings (SSSR count). The molecule has 2 aromatic heterocycles. The smallest absolute Gasteiger partial charge is 0.316 e. The fourth-order valence-corrected chi connectivity index (χ4v) is 2.25. The van der Waals surface area contributed by atoms with Crippen LogP contribution in [0.4, 0.5) is 0 Å². The SMILES string of the molecule is Cc1noc(COC(=O)CSc2nc3ccccc3o2)n1. The molecule has 1 aromatic carbocycles. The first kappa shape index (κ1) is 13.6. The van der Waals surface area contributed by atoms with Crippen molar-refractivity contribution in [2.75, 3.05) is 5.75 Å². The summed E-state index contributed by atoms with van der Waals surface area (Å²) in [7, 11) is 0. The van der Waals surface area contributed by atoms with Crippen molar-refractivity contribution >= 4 is 28.8 Å². The molecule has 0 amide bonds. The van der Waals surface area contributed by atoms with Gasteiger partial charge in [0.15, 0.2) is 18.0 Å². The third-order valence-corrected chi connectivity index (χ3v) is 3.32. The molecule has 0 saturated heterocycles. The van der Waals surface area contributed by atoms with Gasteiger partial charge in [-0.05, 0) is 19.1 Å². The van der Waals surface area contributed by atoms with E-state index in [-0.39, 0.29) is 18.3 Å². The van der Waals surface area contributed by atoms with Crippen LogP contribution in [-0.4, -0.2) is 26.8 Å². The Morgan fingerprint density at radius 2 is 2.19 bits per heavy atom. The summed E-state index contributed by atoms with van der Waals surface area (Å²) in [6.07, 6.45) is 0. The minimum atomic E-state index is -0.405. The molecule has 3 aromatic rings. The molecule has 0 radical (unpaired) electrons. The lowest BCUT2D eigenvalue weighted by atomic mass is 10.3. The van der Waals surface area contributed by atoms with Crippen LogP contribution >= 0.6 is 11.8 Å². The normalized spacial score (nSPS) is 10.9. The van der Waals surface area contributed by atoms with Crippen LogP contribution in [0.2, 0.25) is 0 Å². The standard InChI is InChI=1S/C13H11N3O4S/c1-8-14-11(20-16-8)6-18-12(17)7-21-13-15-9-4-2-3-5-10(9)19-13/h2-5H,6-7H2,1H3. The number of nitrogens with zero attached hydrogens (tertiary/aromatic N) is 3. The number of oxazole rings is 1. The minimum Gasteiger partial charge on any atom is -0.455 e. The molecule has 7 nitrogen and oxygen atoms in total. The van der Waals surface area contributed by atoms with E-state index in [0.717, 1.165) is 5.52 Å². The van der Waals surface area contributed by atoms with Crippen LogP contribution in [0.5, 0.6) is 0 Å². The fourth-order valence-electron chi connectivity index (χ4n) is 1.62. The van der Waals surface area contributed by atoms with Crippen molar-refractivity contribution in [3.63, 3.8) is 0 Å². The van der Waals surface area contributed by atoms with Gasteiger partial charge in [0, 0.05) is 0 Å². The summed E-state index contributed by atoms with van der Waals surface area (Å²) in [5.74, 6) is 0.465. The third-order valence-electron chi connectivity index (χ3n) is 2.51. The number of ether oxygens (including phenoxy) is 1. The number of aryl methyl sites for hydroxylation is 1. The van der Waals surface area contributed by atoms with Crippen LogP contribution in [0.15, 0.2) is 38.4 Å². The highest BCUT2D eigenvalue weighted by molar-refractivity contribution is 7.99. The molecule has 0 N–H and O–H groups in total. The number of fused-ring (bicyclic) bond motifs is 1. The summed E-state index contributed by atoms with van der Waals surface area (Å²) in [4.78, 5) is 19.8. The highest BCUT2D eigenvalue weighted by atomic mass is 32.2. The number of para-hydroxylation sites is 2. The Balaban J connectivity index is 1.51. The number of hydrogen-bond donors (Lipinski definition) is 0. The summed E-state index contributed by atoms with van der Waals surface area (Å²) >= 11 is 1.18. The van der Waals surface area contributed by atoms with Crippen molar-refractivity contribution in [1.29, 1.82) is 0 Å². The van der Waals surface area contributed by atoms with Gasteiger partial charge in [0.2, 0.25) is 0 Å². The van der Waals surface area contributed by atoms with Gasteiger partial charge < -0.3 is 13.7 Å². The Morgan fingerprint density at radius 3 is 2.95 bits per heavy atom. The van der Waals surface area contributed by atoms with Crippen LogP contribution in [-0.2, 0) is 16.1 Å². The first-order chi connectivity index (χ1) is 10.2. The van der Waals surface area contributed by atoms with Crippen molar-refractivity contribution in [3.05, 3.63) is 36.0 Å². The molecular weight excluding hydrogens is 294 g/mol. The summed E-state index contributed by atoms with van der Waals surface area (Å²) in [6, 6.07) is 7.41. The molecular formula is C13H11N3O4S. The van der Waals surface area contributed by atoms with E-state index in [9.17, 15) is 4.79 Å². The van der Waals surface area contributed by atoms with Gasteiger partial charge in [0.1, 0.15) is 11.3 Å². The lowest BCUT2D eigenvalue weighted by molar-refractivity contribution is -0.142. The summed E-state index contributed by atoms with van der Waals surface area (Å²) in [5, 5.41) is 4.04. The number of benzene rings is 1. The molecule has 0 bridgehead atoms. The largest absolute Gasteiger partial charge is 0.455 e. The summed E-state index contributed by atoms with van der Waals surface area (Å²) in [6.45, 7) is 1.66. The van der Waals surface area contributed by atoms with Gasteiger partial charge in [-0.2, -0.15) is 4.98 Å². The Morgan fingerprint density at radius 1 is 1.33 bits per heavy atom. The van der Waals surface area contributed by atoms with E-state index in [4.69, 9.17) is 13.7 Å². The van der Waals surface area contributed by atoms with Crippen LogP contribution in [0.25, 0.3) is 11.1 Å². The highest BCUT2D eigenvalue weighted by Crippen LogP contribution is 2.23. The van der Waals surface area contributed by atoms with Gasteiger partial charge in [-0.1, -0.05) is 29.1 Å². The first-order valence-corrected chi connectivity index (χ1v) is 7.12. The molecule has 0 saturated carbocycles. The highest BCUT2D eigenvalue weighted by Gasteiger charge is 2.11. The van der Waals surface area contributed by atoms with E-state index in [2.05, 4.69) is 15.1 Å². The minimum absolute atomic E-state index is 0.0339. The van der Waals surface area contributed by atoms with Gasteiger partial charge in [0.25, 0.3) is 11.1 Å². The molecule has 108 valence electrons. The Kier molecular flexibility index (Phi) is 3.87. The average Bonchev–Trinajstić information content (AvgIpc) is 3.08. The quantitative estimate of drug-likeness (QED) is 0.524. The van der Waals surface area contributed by atoms with Gasteiger partial charge in [-0.15, -0.1) is 0 Å². The Labute approximate surface area is 123 Å². The van der Waals surface area contributed by atoms with Crippen molar-refractivity contribution in [2.45, 2.75) is 18.8 Å². The fraction of sp³-hybridized carbons (Fsp3) is 0.231. The van der Waals surface area contributed by atoms with Gasteiger partial charge in [0.05, 0.1) is 0 Å². The molecule has 0 aliphatic heterocycles. The number of rotatable bonds is 5. The topological polar surface area (TPSA) is 91.2 Å². The van der Waals surface area contributed by atoms with Crippen molar-refractivity contribution in [2.24, 2.45) is 0 Å². The zero-order valence-corrected chi connectivity index (χ0v) is 11.9. The molecule has 0 spiro atoms. The maximum absolute atomic E-state index is 11.6. The Hall–Kier alpha value is -2.35. The van der Waals surface area contributed by atoms with Crippen LogP contribution in [0.3, 0.4) is 0 Å². The molecule has 0 aliphatic rings. The second kappa shape index (κ2) is 5.96. The molecule has 2 heterocycles. The average molecular weight is 305 g/mol. The van der Waals surface area contributed by atoms with E-state index in [1.807, 2.05) is 24.3 Å². The number of esters is 1. The molecule has 0 atom stereocenters. The van der Waals surface area contributed by atoms with Crippen molar-refractivity contribution in [1.82, 2.24) is 15.1 Å². The van der Waals surface area contributed by atoms with E-state index in [1.54, 1.807) is 6.92 Å².